The fourth-order valence-corrected chi connectivity index (χ4v) is 2.36. The molecule has 102 valence electrons. The summed E-state index contributed by atoms with van der Waals surface area (Å²) in [4.78, 5) is 19.6. The van der Waals surface area contributed by atoms with E-state index >= 15 is 0 Å². The molecule has 0 atom stereocenters. The van der Waals surface area contributed by atoms with Gasteiger partial charge in [-0.05, 0) is 30.3 Å². The number of fused-ring (bicyclic) bond motifs is 2. The topological polar surface area (TPSA) is 86.5 Å². The summed E-state index contributed by atoms with van der Waals surface area (Å²) in [5.74, 6) is -0.188. The van der Waals surface area contributed by atoms with Gasteiger partial charge in [-0.1, -0.05) is 6.07 Å². The van der Waals surface area contributed by atoms with E-state index in [4.69, 9.17) is 0 Å². The van der Waals surface area contributed by atoms with Gasteiger partial charge in [-0.25, -0.2) is 4.98 Å². The first-order chi connectivity index (χ1) is 10.3. The van der Waals surface area contributed by atoms with Crippen molar-refractivity contribution in [1.29, 1.82) is 0 Å². The van der Waals surface area contributed by atoms with E-state index in [1.165, 1.54) is 0 Å². The van der Waals surface area contributed by atoms with Gasteiger partial charge in [-0.2, -0.15) is 5.10 Å². The molecule has 4 rings (SSSR count). The molecule has 2 aromatic carbocycles. The van der Waals surface area contributed by atoms with Gasteiger partial charge in [0, 0.05) is 11.1 Å². The van der Waals surface area contributed by atoms with Gasteiger partial charge in [-0.3, -0.25) is 9.89 Å². The van der Waals surface area contributed by atoms with Gasteiger partial charge >= 0.3 is 0 Å². The Kier molecular flexibility index (Phi) is 2.47. The van der Waals surface area contributed by atoms with Gasteiger partial charge in [0.25, 0.3) is 5.91 Å². The van der Waals surface area contributed by atoms with Crippen molar-refractivity contribution in [2.24, 2.45) is 0 Å². The van der Waals surface area contributed by atoms with Gasteiger partial charge in [0.1, 0.15) is 5.52 Å². The second kappa shape index (κ2) is 4.45. The molecule has 2 heterocycles. The zero-order valence-electron chi connectivity index (χ0n) is 10.9. The second-order valence-corrected chi connectivity index (χ2v) is 4.73. The largest absolute Gasteiger partial charge is 0.345 e. The highest BCUT2D eigenvalue weighted by molar-refractivity contribution is 6.11. The summed E-state index contributed by atoms with van der Waals surface area (Å²) in [6.45, 7) is 0. The lowest BCUT2D eigenvalue weighted by atomic mass is 10.1. The van der Waals surface area contributed by atoms with Crippen LogP contribution in [0.5, 0.6) is 0 Å². The minimum absolute atomic E-state index is 0.188. The highest BCUT2D eigenvalue weighted by Gasteiger charge is 2.12. The Bertz CT molecular complexity index is 953. The quantitative estimate of drug-likeness (QED) is 0.526. The normalized spacial score (nSPS) is 11.0. The SMILES string of the molecule is O=C(Nc1ccc2cn[nH]c2c1)c1cccc2[nH]cnc12. The molecule has 0 spiro atoms. The average Bonchev–Trinajstić information content (AvgIpc) is 3.14. The van der Waals surface area contributed by atoms with E-state index in [1.807, 2.05) is 30.3 Å². The highest BCUT2D eigenvalue weighted by Crippen LogP contribution is 2.19. The zero-order valence-corrected chi connectivity index (χ0v) is 10.9. The van der Waals surface area contributed by atoms with Crippen LogP contribution in [0.4, 0.5) is 5.69 Å². The van der Waals surface area contributed by atoms with E-state index in [9.17, 15) is 4.79 Å². The summed E-state index contributed by atoms with van der Waals surface area (Å²) in [6, 6.07) is 11.1. The number of hydrogen-bond donors (Lipinski definition) is 3. The van der Waals surface area contributed by atoms with Gasteiger partial charge in [0.15, 0.2) is 0 Å². The number of carbonyl (C=O) groups excluding carboxylic acids is 1. The van der Waals surface area contributed by atoms with Crippen molar-refractivity contribution in [1.82, 2.24) is 20.2 Å². The average molecular weight is 277 g/mol. The summed E-state index contributed by atoms with van der Waals surface area (Å²) < 4.78 is 0. The van der Waals surface area contributed by atoms with Gasteiger partial charge in [0.2, 0.25) is 0 Å². The number of H-pyrrole nitrogens is 2. The Morgan fingerprint density at radius 2 is 2.10 bits per heavy atom. The van der Waals surface area contributed by atoms with Crippen molar-refractivity contribution in [2.75, 3.05) is 5.32 Å². The predicted molar refractivity (Wildman–Crippen MR) is 80.1 cm³/mol. The number of para-hydroxylation sites is 1. The van der Waals surface area contributed by atoms with Crippen LogP contribution in [-0.4, -0.2) is 26.1 Å². The third-order valence-corrected chi connectivity index (χ3v) is 3.39. The van der Waals surface area contributed by atoms with Crippen LogP contribution >= 0.6 is 0 Å². The Balaban J connectivity index is 1.70. The van der Waals surface area contributed by atoms with Gasteiger partial charge in [0.05, 0.1) is 29.1 Å². The third-order valence-electron chi connectivity index (χ3n) is 3.39. The molecule has 0 saturated carbocycles. The molecule has 0 aliphatic rings. The maximum atomic E-state index is 12.4. The number of hydrogen-bond acceptors (Lipinski definition) is 3. The van der Waals surface area contributed by atoms with E-state index in [2.05, 4.69) is 25.5 Å². The number of nitrogens with one attached hydrogen (secondary N) is 3. The van der Waals surface area contributed by atoms with Crippen LogP contribution < -0.4 is 5.32 Å². The number of anilines is 1. The predicted octanol–water partition coefficient (Wildman–Crippen LogP) is 2.69. The molecule has 6 nitrogen and oxygen atoms in total. The van der Waals surface area contributed by atoms with Crippen molar-refractivity contribution in [3.63, 3.8) is 0 Å². The summed E-state index contributed by atoms with van der Waals surface area (Å²) in [5.41, 5.74) is 3.64. The third kappa shape index (κ3) is 1.93. The van der Waals surface area contributed by atoms with Crippen molar-refractivity contribution in [3.8, 4) is 0 Å². The molecular weight excluding hydrogens is 266 g/mol. The van der Waals surface area contributed by atoms with Crippen molar-refractivity contribution >= 4 is 33.5 Å². The van der Waals surface area contributed by atoms with Crippen molar-refractivity contribution in [2.45, 2.75) is 0 Å². The molecule has 3 N–H and O–H groups in total. The van der Waals surface area contributed by atoms with E-state index in [1.54, 1.807) is 18.6 Å². The molecule has 4 aromatic rings. The van der Waals surface area contributed by atoms with Gasteiger partial charge < -0.3 is 10.3 Å². The van der Waals surface area contributed by atoms with Crippen LogP contribution in [-0.2, 0) is 0 Å². The molecular formula is C15H11N5O. The molecule has 0 radical (unpaired) electrons. The summed E-state index contributed by atoms with van der Waals surface area (Å²) in [7, 11) is 0. The monoisotopic (exact) mass is 277 g/mol. The van der Waals surface area contributed by atoms with Crippen LogP contribution in [0.25, 0.3) is 21.9 Å². The standard InChI is InChI=1S/C15H11N5O/c21-15(11-2-1-3-12-14(11)17-8-16-12)19-10-5-4-9-7-18-20-13(9)6-10/h1-8H,(H,16,17)(H,18,20)(H,19,21). The first-order valence-corrected chi connectivity index (χ1v) is 6.48. The maximum Gasteiger partial charge on any atom is 0.257 e. The lowest BCUT2D eigenvalue weighted by molar-refractivity contribution is 0.102. The van der Waals surface area contributed by atoms with Crippen LogP contribution in [0.1, 0.15) is 10.4 Å². The lowest BCUT2D eigenvalue weighted by Gasteiger charge is -2.06. The highest BCUT2D eigenvalue weighted by atomic mass is 16.1. The number of aromatic amines is 2. The molecule has 0 bridgehead atoms. The summed E-state index contributed by atoms with van der Waals surface area (Å²) in [5, 5.41) is 10.7. The molecule has 0 aliphatic heterocycles. The number of amides is 1. The Morgan fingerprint density at radius 1 is 1.14 bits per heavy atom. The molecule has 6 heteroatoms. The number of imidazole rings is 1. The van der Waals surface area contributed by atoms with Crippen molar-refractivity contribution < 1.29 is 4.79 Å². The first-order valence-electron chi connectivity index (χ1n) is 6.48. The zero-order chi connectivity index (χ0) is 14.2. The smallest absolute Gasteiger partial charge is 0.257 e. The summed E-state index contributed by atoms with van der Waals surface area (Å²) >= 11 is 0. The molecule has 21 heavy (non-hydrogen) atoms. The number of rotatable bonds is 2. The minimum Gasteiger partial charge on any atom is -0.345 e. The maximum absolute atomic E-state index is 12.4. The van der Waals surface area contributed by atoms with E-state index in [-0.39, 0.29) is 5.91 Å². The number of aromatic nitrogens is 4. The number of carbonyl (C=O) groups is 1. The summed E-state index contributed by atoms with van der Waals surface area (Å²) in [6.07, 6.45) is 3.32. The molecule has 1 amide bonds. The minimum atomic E-state index is -0.188. The molecule has 0 saturated heterocycles. The van der Waals surface area contributed by atoms with Crippen LogP contribution in [0, 0.1) is 0 Å². The van der Waals surface area contributed by atoms with E-state index in [0.29, 0.717) is 16.8 Å². The first kappa shape index (κ1) is 11.7. The molecule has 2 aromatic heterocycles. The van der Waals surface area contributed by atoms with Crippen LogP contribution in [0.2, 0.25) is 0 Å². The lowest BCUT2D eigenvalue weighted by Crippen LogP contribution is -2.12. The fraction of sp³-hybridized carbons (Fsp3) is 0. The number of nitrogens with zero attached hydrogens (tertiary/aromatic N) is 2. The number of benzene rings is 2. The van der Waals surface area contributed by atoms with Gasteiger partial charge in [-0.15, -0.1) is 0 Å². The van der Waals surface area contributed by atoms with Crippen LogP contribution in [0.3, 0.4) is 0 Å². The molecule has 0 fully saturated rings. The van der Waals surface area contributed by atoms with E-state index in [0.717, 1.165) is 16.4 Å². The Labute approximate surface area is 119 Å². The van der Waals surface area contributed by atoms with E-state index < -0.39 is 0 Å². The van der Waals surface area contributed by atoms with Crippen molar-refractivity contribution in [3.05, 3.63) is 54.5 Å². The Morgan fingerprint density at radius 3 is 3.05 bits per heavy atom. The molecule has 0 aliphatic carbocycles. The Hall–Kier alpha value is -3.15. The second-order valence-electron chi connectivity index (χ2n) is 4.73. The molecule has 0 unspecified atom stereocenters. The van der Waals surface area contributed by atoms with Crippen LogP contribution in [0.15, 0.2) is 48.9 Å². The fourth-order valence-electron chi connectivity index (χ4n) is 2.36.